The molecule has 1 aliphatic carbocycles. The van der Waals surface area contributed by atoms with Crippen LogP contribution in [0.3, 0.4) is 0 Å². The van der Waals surface area contributed by atoms with Crippen LogP contribution in [0.25, 0.3) is 0 Å². The number of ether oxygens (including phenoxy) is 1. The van der Waals surface area contributed by atoms with Gasteiger partial charge in [0.15, 0.2) is 0 Å². The van der Waals surface area contributed by atoms with Gasteiger partial charge in [0.2, 0.25) is 0 Å². The maximum absolute atomic E-state index is 12.3. The Kier molecular flexibility index (Phi) is 5.48. The topological polar surface area (TPSA) is 55.4 Å². The highest BCUT2D eigenvalue weighted by Crippen LogP contribution is 2.27. The van der Waals surface area contributed by atoms with Crippen molar-refractivity contribution in [1.82, 2.24) is 5.32 Å². The number of esters is 1. The minimum atomic E-state index is -0.271. The molecule has 6 heteroatoms. The van der Waals surface area contributed by atoms with E-state index in [1.54, 1.807) is 18.2 Å². The number of amides is 1. The predicted octanol–water partition coefficient (Wildman–Crippen LogP) is 3.46. The molecule has 21 heavy (non-hydrogen) atoms. The summed E-state index contributed by atoms with van der Waals surface area (Å²) in [7, 11) is 1.40. The van der Waals surface area contributed by atoms with Crippen LogP contribution in [0.2, 0.25) is 10.0 Å². The van der Waals surface area contributed by atoms with Crippen molar-refractivity contribution in [3.63, 3.8) is 0 Å². The Morgan fingerprint density at radius 3 is 2.24 bits per heavy atom. The van der Waals surface area contributed by atoms with Gasteiger partial charge in [-0.15, -0.1) is 0 Å². The van der Waals surface area contributed by atoms with E-state index in [-0.39, 0.29) is 23.8 Å². The van der Waals surface area contributed by atoms with Gasteiger partial charge in [-0.05, 0) is 37.8 Å². The zero-order chi connectivity index (χ0) is 15.4. The summed E-state index contributed by atoms with van der Waals surface area (Å²) in [5.74, 6) is -0.506. The third kappa shape index (κ3) is 3.89. The summed E-state index contributed by atoms with van der Waals surface area (Å²) in [6.07, 6.45) is 2.92. The van der Waals surface area contributed by atoms with E-state index in [9.17, 15) is 9.59 Å². The number of methoxy groups -OCH3 is 1. The fourth-order valence-electron chi connectivity index (χ4n) is 2.61. The molecule has 0 heterocycles. The Morgan fingerprint density at radius 1 is 1.14 bits per heavy atom. The zero-order valence-corrected chi connectivity index (χ0v) is 13.2. The molecular weight excluding hydrogens is 313 g/mol. The molecule has 0 saturated heterocycles. The van der Waals surface area contributed by atoms with Crippen molar-refractivity contribution < 1.29 is 14.3 Å². The van der Waals surface area contributed by atoms with E-state index in [2.05, 4.69) is 5.32 Å². The van der Waals surface area contributed by atoms with Crippen LogP contribution >= 0.6 is 23.2 Å². The van der Waals surface area contributed by atoms with Crippen LogP contribution in [0, 0.1) is 5.92 Å². The molecule has 1 amide bonds. The van der Waals surface area contributed by atoms with Crippen LogP contribution in [0.4, 0.5) is 0 Å². The van der Waals surface area contributed by atoms with Crippen molar-refractivity contribution in [2.45, 2.75) is 31.7 Å². The molecule has 0 unspecified atom stereocenters. The van der Waals surface area contributed by atoms with Crippen molar-refractivity contribution in [1.29, 1.82) is 0 Å². The fourth-order valence-corrected chi connectivity index (χ4v) is 3.18. The Balaban J connectivity index is 1.95. The number of nitrogens with one attached hydrogen (secondary N) is 1. The van der Waals surface area contributed by atoms with E-state index in [4.69, 9.17) is 27.9 Å². The van der Waals surface area contributed by atoms with Crippen molar-refractivity contribution >= 4 is 35.1 Å². The molecular formula is C15H17Cl2NO3. The first-order valence-corrected chi connectivity index (χ1v) is 7.61. The lowest BCUT2D eigenvalue weighted by molar-refractivity contribution is -0.146. The average Bonchev–Trinajstić information content (AvgIpc) is 2.47. The van der Waals surface area contributed by atoms with Crippen molar-refractivity contribution in [2.75, 3.05) is 7.11 Å². The van der Waals surface area contributed by atoms with E-state index >= 15 is 0 Å². The first-order chi connectivity index (χ1) is 10.0. The summed E-state index contributed by atoms with van der Waals surface area (Å²) in [5, 5.41) is 3.61. The van der Waals surface area contributed by atoms with Crippen LogP contribution < -0.4 is 5.32 Å². The third-order valence-electron chi connectivity index (χ3n) is 3.79. The van der Waals surface area contributed by atoms with Crippen LogP contribution in [-0.4, -0.2) is 25.0 Å². The monoisotopic (exact) mass is 329 g/mol. The molecule has 114 valence electrons. The van der Waals surface area contributed by atoms with Crippen LogP contribution in [0.5, 0.6) is 0 Å². The van der Waals surface area contributed by atoms with Gasteiger partial charge in [-0.1, -0.05) is 29.3 Å². The number of carbonyl (C=O) groups excluding carboxylic acids is 2. The van der Waals surface area contributed by atoms with Crippen molar-refractivity contribution in [3.8, 4) is 0 Å². The van der Waals surface area contributed by atoms with Crippen molar-refractivity contribution in [3.05, 3.63) is 33.8 Å². The van der Waals surface area contributed by atoms with Gasteiger partial charge < -0.3 is 10.1 Å². The molecule has 1 aromatic rings. The number of benzene rings is 1. The second-order valence-corrected chi connectivity index (χ2v) is 5.96. The summed E-state index contributed by atoms with van der Waals surface area (Å²) in [5.41, 5.74) is 0.302. The molecule has 0 aromatic heterocycles. The summed E-state index contributed by atoms with van der Waals surface area (Å²) in [4.78, 5) is 23.7. The second-order valence-electron chi connectivity index (χ2n) is 5.14. The molecule has 1 aliphatic rings. The first-order valence-electron chi connectivity index (χ1n) is 6.85. The van der Waals surface area contributed by atoms with Gasteiger partial charge in [0.25, 0.3) is 5.91 Å². The Morgan fingerprint density at radius 2 is 1.71 bits per heavy atom. The maximum atomic E-state index is 12.3. The molecule has 4 nitrogen and oxygen atoms in total. The average molecular weight is 330 g/mol. The molecule has 0 aliphatic heterocycles. The molecule has 1 saturated carbocycles. The van der Waals surface area contributed by atoms with Gasteiger partial charge in [0.05, 0.1) is 28.6 Å². The lowest BCUT2D eigenvalue weighted by Gasteiger charge is -2.27. The van der Waals surface area contributed by atoms with Crippen LogP contribution in [0.15, 0.2) is 18.2 Å². The highest BCUT2D eigenvalue weighted by molar-refractivity contribution is 6.39. The first kappa shape index (κ1) is 16.1. The Labute approximate surface area is 133 Å². The lowest BCUT2D eigenvalue weighted by atomic mass is 9.86. The summed E-state index contributed by atoms with van der Waals surface area (Å²) in [6, 6.07) is 5.00. The quantitative estimate of drug-likeness (QED) is 0.864. The number of rotatable bonds is 3. The number of carbonyl (C=O) groups is 2. The lowest BCUT2D eigenvalue weighted by Crippen LogP contribution is -2.39. The molecule has 1 aromatic carbocycles. The summed E-state index contributed by atoms with van der Waals surface area (Å²) < 4.78 is 4.75. The molecule has 0 spiro atoms. The minimum absolute atomic E-state index is 0.0331. The van der Waals surface area contributed by atoms with Crippen LogP contribution in [-0.2, 0) is 9.53 Å². The third-order valence-corrected chi connectivity index (χ3v) is 4.42. The van der Waals surface area contributed by atoms with Gasteiger partial charge in [-0.25, -0.2) is 0 Å². The molecule has 0 atom stereocenters. The maximum Gasteiger partial charge on any atom is 0.308 e. The number of halogens is 2. The fraction of sp³-hybridized carbons (Fsp3) is 0.467. The van der Waals surface area contributed by atoms with Gasteiger partial charge in [0, 0.05) is 6.04 Å². The number of hydrogen-bond donors (Lipinski definition) is 1. The van der Waals surface area contributed by atoms with E-state index in [0.717, 1.165) is 12.8 Å². The SMILES string of the molecule is COC(=O)C1CCC(NC(=O)c2c(Cl)cccc2Cl)CC1. The van der Waals surface area contributed by atoms with E-state index < -0.39 is 0 Å². The van der Waals surface area contributed by atoms with Gasteiger partial charge >= 0.3 is 5.97 Å². The Bertz CT molecular complexity index is 519. The smallest absolute Gasteiger partial charge is 0.308 e. The highest BCUT2D eigenvalue weighted by Gasteiger charge is 2.28. The van der Waals surface area contributed by atoms with E-state index in [0.29, 0.717) is 28.5 Å². The van der Waals surface area contributed by atoms with E-state index in [1.807, 2.05) is 0 Å². The summed E-state index contributed by atoms with van der Waals surface area (Å²) >= 11 is 12.0. The molecule has 0 bridgehead atoms. The van der Waals surface area contributed by atoms with E-state index in [1.165, 1.54) is 7.11 Å². The van der Waals surface area contributed by atoms with Crippen molar-refractivity contribution in [2.24, 2.45) is 5.92 Å². The largest absolute Gasteiger partial charge is 0.469 e. The molecule has 1 fully saturated rings. The Hall–Kier alpha value is -1.26. The minimum Gasteiger partial charge on any atom is -0.469 e. The predicted molar refractivity (Wildman–Crippen MR) is 81.7 cm³/mol. The zero-order valence-electron chi connectivity index (χ0n) is 11.7. The van der Waals surface area contributed by atoms with Gasteiger partial charge in [0.1, 0.15) is 0 Å². The van der Waals surface area contributed by atoms with Crippen LogP contribution in [0.1, 0.15) is 36.0 Å². The molecule has 0 radical (unpaired) electrons. The molecule has 2 rings (SSSR count). The number of hydrogen-bond acceptors (Lipinski definition) is 3. The summed E-state index contributed by atoms with van der Waals surface area (Å²) in [6.45, 7) is 0. The second kappa shape index (κ2) is 7.14. The van der Waals surface area contributed by atoms with Gasteiger partial charge in [-0.2, -0.15) is 0 Å². The molecule has 1 N–H and O–H groups in total. The standard InChI is InChI=1S/C15H17Cl2NO3/c1-21-15(20)9-5-7-10(8-6-9)18-14(19)13-11(16)3-2-4-12(13)17/h2-4,9-10H,5-8H2,1H3,(H,18,19). The normalized spacial score (nSPS) is 21.7. The van der Waals surface area contributed by atoms with Gasteiger partial charge in [-0.3, -0.25) is 9.59 Å². The highest BCUT2D eigenvalue weighted by atomic mass is 35.5.